The van der Waals surface area contributed by atoms with Crippen molar-refractivity contribution < 1.29 is 0 Å². The van der Waals surface area contributed by atoms with E-state index in [1.54, 1.807) is 11.3 Å². The zero-order valence-electron chi connectivity index (χ0n) is 11.4. The van der Waals surface area contributed by atoms with E-state index in [1.807, 2.05) is 24.4 Å². The van der Waals surface area contributed by atoms with Crippen LogP contribution in [0.25, 0.3) is 32.5 Å². The number of aromatic nitrogens is 1. The fourth-order valence-electron chi connectivity index (χ4n) is 2.50. The van der Waals surface area contributed by atoms with E-state index in [0.717, 1.165) is 11.1 Å². The maximum atomic E-state index is 4.53. The molecule has 2 aromatic heterocycles. The van der Waals surface area contributed by atoms with Gasteiger partial charge < -0.3 is 0 Å². The Morgan fingerprint density at radius 3 is 2.33 bits per heavy atom. The molecule has 0 aliphatic heterocycles. The number of para-hydroxylation sites is 1. The van der Waals surface area contributed by atoms with Crippen molar-refractivity contribution in [3.05, 3.63) is 78.3 Å². The van der Waals surface area contributed by atoms with E-state index in [4.69, 9.17) is 0 Å². The second-order valence-corrected chi connectivity index (χ2v) is 5.92. The van der Waals surface area contributed by atoms with Gasteiger partial charge in [-0.2, -0.15) is 0 Å². The first-order chi connectivity index (χ1) is 10.4. The molecule has 4 aromatic rings. The lowest BCUT2D eigenvalue weighted by atomic mass is 10.0. The molecule has 0 bridgehead atoms. The number of hydrogen-bond donors (Lipinski definition) is 0. The third-order valence-electron chi connectivity index (χ3n) is 3.61. The van der Waals surface area contributed by atoms with Crippen molar-refractivity contribution >= 4 is 22.2 Å². The van der Waals surface area contributed by atoms with Gasteiger partial charge >= 0.3 is 0 Å². The molecule has 0 unspecified atom stereocenters. The number of thiophene rings is 1. The first-order valence-electron chi connectivity index (χ1n) is 6.89. The lowest BCUT2D eigenvalue weighted by Crippen LogP contribution is -1.83. The fourth-order valence-corrected chi connectivity index (χ4v) is 3.23. The molecule has 0 aliphatic carbocycles. The summed E-state index contributed by atoms with van der Waals surface area (Å²) < 4.78 is 0. The van der Waals surface area contributed by atoms with Gasteiger partial charge in [0.25, 0.3) is 0 Å². The predicted molar refractivity (Wildman–Crippen MR) is 90.5 cm³/mol. The molecule has 0 fully saturated rings. The van der Waals surface area contributed by atoms with Gasteiger partial charge in [-0.15, -0.1) is 11.3 Å². The highest BCUT2D eigenvalue weighted by molar-refractivity contribution is 7.13. The summed E-state index contributed by atoms with van der Waals surface area (Å²) in [7, 11) is 0. The third-order valence-corrected chi connectivity index (χ3v) is 4.53. The number of benzene rings is 2. The summed E-state index contributed by atoms with van der Waals surface area (Å²) in [5.74, 6) is 0. The molecule has 4 rings (SSSR count). The molecule has 1 nitrogen and oxygen atoms in total. The summed E-state index contributed by atoms with van der Waals surface area (Å²) in [5.41, 5.74) is 4.67. The zero-order chi connectivity index (χ0) is 14.1. The Morgan fingerprint density at radius 2 is 1.52 bits per heavy atom. The molecule has 0 N–H and O–H groups in total. The largest absolute Gasteiger partial charge is 0.256 e. The van der Waals surface area contributed by atoms with Crippen molar-refractivity contribution in [3.63, 3.8) is 0 Å². The maximum Gasteiger partial charge on any atom is 0.0702 e. The Hall–Kier alpha value is -2.45. The summed E-state index contributed by atoms with van der Waals surface area (Å²) in [6, 6.07) is 23.3. The van der Waals surface area contributed by atoms with Crippen molar-refractivity contribution in [2.75, 3.05) is 0 Å². The number of pyridine rings is 1. The number of nitrogens with zero attached hydrogens (tertiary/aromatic N) is 1. The Bertz CT molecular complexity index is 877. The smallest absolute Gasteiger partial charge is 0.0702 e. The highest BCUT2D eigenvalue weighted by Crippen LogP contribution is 2.28. The Balaban J connectivity index is 1.74. The van der Waals surface area contributed by atoms with E-state index >= 15 is 0 Å². The molecule has 2 heterocycles. The van der Waals surface area contributed by atoms with Crippen LogP contribution in [0, 0.1) is 0 Å². The predicted octanol–water partition coefficient (Wildman–Crippen LogP) is 5.63. The lowest BCUT2D eigenvalue weighted by Gasteiger charge is -2.05. The third kappa shape index (κ3) is 2.34. The zero-order valence-corrected chi connectivity index (χ0v) is 12.2. The van der Waals surface area contributed by atoms with E-state index < -0.39 is 0 Å². The molecular weight excluding hydrogens is 274 g/mol. The molecule has 21 heavy (non-hydrogen) atoms. The Morgan fingerprint density at radius 1 is 0.714 bits per heavy atom. The average molecular weight is 287 g/mol. The van der Waals surface area contributed by atoms with Crippen LogP contribution in [-0.4, -0.2) is 4.98 Å². The summed E-state index contributed by atoms with van der Waals surface area (Å²) >= 11 is 1.77. The summed E-state index contributed by atoms with van der Waals surface area (Å²) in [6.07, 6.45) is 1.95. The normalized spacial score (nSPS) is 10.9. The molecule has 0 radical (unpaired) electrons. The topological polar surface area (TPSA) is 12.9 Å². The fraction of sp³-hybridized carbons (Fsp3) is 0. The molecule has 2 aromatic carbocycles. The van der Waals surface area contributed by atoms with Crippen LogP contribution >= 0.6 is 11.3 Å². The minimum Gasteiger partial charge on any atom is -0.256 e. The summed E-state index contributed by atoms with van der Waals surface area (Å²) in [6.45, 7) is 0. The Labute approximate surface area is 127 Å². The van der Waals surface area contributed by atoms with Gasteiger partial charge in [-0.25, -0.2) is 0 Å². The van der Waals surface area contributed by atoms with Crippen molar-refractivity contribution in [2.24, 2.45) is 0 Å². The van der Waals surface area contributed by atoms with Gasteiger partial charge in [-0.3, -0.25) is 4.98 Å². The van der Waals surface area contributed by atoms with Crippen LogP contribution in [-0.2, 0) is 0 Å². The Kier molecular flexibility index (Phi) is 3.02. The monoisotopic (exact) mass is 287 g/mol. The van der Waals surface area contributed by atoms with Crippen molar-refractivity contribution in [1.82, 2.24) is 4.98 Å². The molecule has 0 amide bonds. The van der Waals surface area contributed by atoms with Gasteiger partial charge in [0, 0.05) is 22.0 Å². The van der Waals surface area contributed by atoms with Crippen LogP contribution in [0.4, 0.5) is 0 Å². The number of rotatable bonds is 2. The van der Waals surface area contributed by atoms with Gasteiger partial charge in [-0.1, -0.05) is 48.5 Å². The van der Waals surface area contributed by atoms with Gasteiger partial charge in [0.2, 0.25) is 0 Å². The van der Waals surface area contributed by atoms with Crippen molar-refractivity contribution in [2.45, 2.75) is 0 Å². The van der Waals surface area contributed by atoms with E-state index in [0.29, 0.717) is 0 Å². The first-order valence-corrected chi connectivity index (χ1v) is 7.77. The molecule has 0 spiro atoms. The molecule has 0 saturated carbocycles. The van der Waals surface area contributed by atoms with Crippen molar-refractivity contribution in [1.29, 1.82) is 0 Å². The van der Waals surface area contributed by atoms with E-state index in [9.17, 15) is 0 Å². The number of hydrogen-bond acceptors (Lipinski definition) is 2. The summed E-state index contributed by atoms with van der Waals surface area (Å²) in [5, 5.41) is 3.29. The average Bonchev–Trinajstić information content (AvgIpc) is 3.09. The first kappa shape index (κ1) is 12.3. The van der Waals surface area contributed by atoms with E-state index in [2.05, 4.69) is 58.9 Å². The molecule has 100 valence electrons. The second kappa shape index (κ2) is 5.15. The molecule has 2 heteroatoms. The highest BCUT2D eigenvalue weighted by Gasteiger charge is 2.02. The van der Waals surface area contributed by atoms with Gasteiger partial charge in [0.05, 0.1) is 5.52 Å². The van der Waals surface area contributed by atoms with Gasteiger partial charge in [-0.05, 0) is 34.7 Å². The second-order valence-electron chi connectivity index (χ2n) is 4.97. The molecule has 0 saturated heterocycles. The van der Waals surface area contributed by atoms with E-state index in [1.165, 1.54) is 21.4 Å². The minimum atomic E-state index is 1.04. The molecular formula is C19H13NS. The lowest BCUT2D eigenvalue weighted by molar-refractivity contribution is 1.41. The van der Waals surface area contributed by atoms with Crippen LogP contribution in [0.3, 0.4) is 0 Å². The van der Waals surface area contributed by atoms with Gasteiger partial charge in [0.1, 0.15) is 0 Å². The van der Waals surface area contributed by atoms with Crippen LogP contribution in [0.15, 0.2) is 78.3 Å². The molecule has 0 atom stereocenters. The van der Waals surface area contributed by atoms with Crippen LogP contribution in [0.2, 0.25) is 0 Å². The van der Waals surface area contributed by atoms with Crippen LogP contribution < -0.4 is 0 Å². The minimum absolute atomic E-state index is 1.04. The molecule has 0 aliphatic rings. The van der Waals surface area contributed by atoms with Crippen LogP contribution in [0.1, 0.15) is 0 Å². The van der Waals surface area contributed by atoms with E-state index in [-0.39, 0.29) is 0 Å². The SMILES string of the molecule is c1csc(-c2ccc(-c3cnc4ccccc4c3)cc2)c1. The van der Waals surface area contributed by atoms with Crippen LogP contribution in [0.5, 0.6) is 0 Å². The maximum absolute atomic E-state index is 4.53. The standard InChI is InChI=1S/C19H13NS/c1-2-5-18-16(4-1)12-17(13-20-18)14-7-9-15(10-8-14)19-6-3-11-21-19/h1-13H. The summed E-state index contributed by atoms with van der Waals surface area (Å²) in [4.78, 5) is 5.84. The number of fused-ring (bicyclic) bond motifs is 1. The highest BCUT2D eigenvalue weighted by atomic mass is 32.1. The van der Waals surface area contributed by atoms with Crippen molar-refractivity contribution in [3.8, 4) is 21.6 Å². The van der Waals surface area contributed by atoms with Gasteiger partial charge in [0.15, 0.2) is 0 Å². The quantitative estimate of drug-likeness (QED) is 0.465.